The van der Waals surface area contributed by atoms with E-state index >= 15 is 0 Å². The minimum absolute atomic E-state index is 0.0522. The van der Waals surface area contributed by atoms with Crippen LogP contribution >= 0.6 is 0 Å². The first-order valence-electron chi connectivity index (χ1n) is 3.73. The molecule has 0 aromatic rings. The summed E-state index contributed by atoms with van der Waals surface area (Å²) in [6.07, 6.45) is 0.633. The van der Waals surface area contributed by atoms with Gasteiger partial charge in [0.15, 0.2) is 0 Å². The van der Waals surface area contributed by atoms with Crippen molar-refractivity contribution in [3.63, 3.8) is 0 Å². The monoisotopic (exact) mass is 159 g/mol. The van der Waals surface area contributed by atoms with Gasteiger partial charge in [-0.15, -0.1) is 0 Å². The van der Waals surface area contributed by atoms with E-state index in [1.54, 1.807) is 0 Å². The van der Waals surface area contributed by atoms with Crippen LogP contribution in [-0.4, -0.2) is 24.2 Å². The first-order valence-corrected chi connectivity index (χ1v) is 3.73. The molecule has 0 spiro atoms. The fourth-order valence-corrected chi connectivity index (χ4v) is 1.36. The van der Waals surface area contributed by atoms with Gasteiger partial charge in [-0.3, -0.25) is 10.1 Å². The molecule has 1 aliphatic rings. The molecule has 4 nitrogen and oxygen atoms in total. The molecule has 4 heteroatoms. The van der Waals surface area contributed by atoms with Gasteiger partial charge < -0.3 is 4.74 Å². The molecule has 0 bridgehead atoms. The Kier molecular flexibility index (Phi) is 2.13. The van der Waals surface area contributed by atoms with Crippen LogP contribution in [-0.2, 0) is 4.74 Å². The lowest BCUT2D eigenvalue weighted by Crippen LogP contribution is -2.19. The van der Waals surface area contributed by atoms with E-state index in [9.17, 15) is 10.1 Å². The number of rotatable bonds is 2. The van der Waals surface area contributed by atoms with Crippen LogP contribution in [0.15, 0.2) is 0 Å². The molecule has 0 radical (unpaired) electrons. The van der Waals surface area contributed by atoms with E-state index in [1.807, 2.05) is 0 Å². The minimum Gasteiger partial charge on any atom is -0.371 e. The summed E-state index contributed by atoms with van der Waals surface area (Å²) in [7, 11) is 0. The van der Waals surface area contributed by atoms with Crippen LogP contribution in [0.1, 0.15) is 20.3 Å². The molecule has 0 aromatic heterocycles. The van der Waals surface area contributed by atoms with Crippen LogP contribution in [0, 0.1) is 15.5 Å². The Labute approximate surface area is 65.7 Å². The normalized spacial score (nSPS) is 28.7. The van der Waals surface area contributed by atoms with E-state index in [0.29, 0.717) is 6.61 Å². The maximum Gasteiger partial charge on any atom is 0.229 e. The molecule has 1 saturated heterocycles. The van der Waals surface area contributed by atoms with Gasteiger partial charge in [0, 0.05) is 4.92 Å². The zero-order valence-electron chi connectivity index (χ0n) is 6.87. The Morgan fingerprint density at radius 1 is 1.73 bits per heavy atom. The second-order valence-corrected chi connectivity index (χ2v) is 3.82. The number of nitro groups is 1. The molecule has 1 unspecified atom stereocenters. The molecule has 1 heterocycles. The lowest BCUT2D eigenvalue weighted by molar-refractivity contribution is -0.490. The standard InChI is InChI=1S/C7H13NO3/c1-7(2)3-6(11-5-7)4-8(9)10/h6H,3-5H2,1-2H3. The van der Waals surface area contributed by atoms with E-state index in [-0.39, 0.29) is 23.0 Å². The Morgan fingerprint density at radius 2 is 2.36 bits per heavy atom. The third kappa shape index (κ3) is 2.46. The van der Waals surface area contributed by atoms with Crippen molar-refractivity contribution < 1.29 is 9.66 Å². The van der Waals surface area contributed by atoms with Gasteiger partial charge in [0.2, 0.25) is 6.54 Å². The summed E-state index contributed by atoms with van der Waals surface area (Å²) in [6.45, 7) is 4.72. The number of nitrogens with zero attached hydrogens (tertiary/aromatic N) is 1. The zero-order valence-corrected chi connectivity index (χ0v) is 6.87. The number of ether oxygens (including phenoxy) is 1. The van der Waals surface area contributed by atoms with Gasteiger partial charge in [0.1, 0.15) is 6.10 Å². The second kappa shape index (κ2) is 2.77. The van der Waals surface area contributed by atoms with Crippen molar-refractivity contribution in [2.24, 2.45) is 5.41 Å². The molecule has 0 aromatic carbocycles. The summed E-state index contributed by atoms with van der Waals surface area (Å²) in [5.41, 5.74) is 0.126. The Hall–Kier alpha value is -0.640. The van der Waals surface area contributed by atoms with Crippen molar-refractivity contribution in [1.82, 2.24) is 0 Å². The van der Waals surface area contributed by atoms with Crippen molar-refractivity contribution >= 4 is 0 Å². The van der Waals surface area contributed by atoms with Gasteiger partial charge in [-0.1, -0.05) is 13.8 Å². The van der Waals surface area contributed by atoms with Gasteiger partial charge in [-0.05, 0) is 11.8 Å². The molecule has 1 fully saturated rings. The topological polar surface area (TPSA) is 52.4 Å². The van der Waals surface area contributed by atoms with Crippen molar-refractivity contribution in [2.45, 2.75) is 26.4 Å². The molecule has 0 aliphatic carbocycles. The van der Waals surface area contributed by atoms with Gasteiger partial charge >= 0.3 is 0 Å². The van der Waals surface area contributed by atoms with Crippen molar-refractivity contribution in [3.05, 3.63) is 10.1 Å². The van der Waals surface area contributed by atoms with E-state index in [1.165, 1.54) is 0 Å². The third-order valence-electron chi connectivity index (χ3n) is 1.84. The highest BCUT2D eigenvalue weighted by atomic mass is 16.6. The molecule has 64 valence electrons. The molecule has 11 heavy (non-hydrogen) atoms. The Balaban J connectivity index is 2.36. The van der Waals surface area contributed by atoms with Crippen LogP contribution in [0.25, 0.3) is 0 Å². The summed E-state index contributed by atoms with van der Waals surface area (Å²) in [5.74, 6) is 0. The summed E-state index contributed by atoms with van der Waals surface area (Å²) in [4.78, 5) is 9.78. The zero-order chi connectivity index (χ0) is 8.48. The first-order chi connectivity index (χ1) is 4.99. The average Bonchev–Trinajstić information content (AvgIpc) is 2.08. The molecule has 1 rings (SSSR count). The highest BCUT2D eigenvalue weighted by Crippen LogP contribution is 2.31. The Bertz CT molecular complexity index is 167. The molecular formula is C7H13NO3. The quantitative estimate of drug-likeness (QED) is 0.447. The minimum atomic E-state index is -0.313. The average molecular weight is 159 g/mol. The predicted octanol–water partition coefficient (Wildman–Crippen LogP) is 1.08. The fraction of sp³-hybridized carbons (Fsp3) is 1.00. The van der Waals surface area contributed by atoms with Crippen LogP contribution in [0.5, 0.6) is 0 Å². The SMILES string of the molecule is CC1(C)COC(C[N+](=O)[O-])C1. The highest BCUT2D eigenvalue weighted by molar-refractivity contribution is 4.79. The van der Waals surface area contributed by atoms with E-state index in [0.717, 1.165) is 6.42 Å². The molecule has 1 atom stereocenters. The highest BCUT2D eigenvalue weighted by Gasteiger charge is 2.34. The van der Waals surface area contributed by atoms with Crippen LogP contribution in [0.2, 0.25) is 0 Å². The first kappa shape index (κ1) is 8.46. The molecule has 1 aliphatic heterocycles. The summed E-state index contributed by atoms with van der Waals surface area (Å²) in [5, 5.41) is 10.1. The molecule has 0 amide bonds. The third-order valence-corrected chi connectivity index (χ3v) is 1.84. The van der Waals surface area contributed by atoms with Gasteiger partial charge in [-0.25, -0.2) is 0 Å². The fourth-order valence-electron chi connectivity index (χ4n) is 1.36. The number of hydrogen-bond acceptors (Lipinski definition) is 3. The maximum absolute atomic E-state index is 10.1. The summed E-state index contributed by atoms with van der Waals surface area (Å²) in [6, 6.07) is 0. The maximum atomic E-state index is 10.1. The smallest absolute Gasteiger partial charge is 0.229 e. The van der Waals surface area contributed by atoms with Crippen molar-refractivity contribution in [3.8, 4) is 0 Å². The molecule has 0 N–H and O–H groups in total. The molecule has 0 saturated carbocycles. The molecular weight excluding hydrogens is 146 g/mol. The lowest BCUT2D eigenvalue weighted by Gasteiger charge is -2.12. The van der Waals surface area contributed by atoms with Gasteiger partial charge in [0.25, 0.3) is 0 Å². The van der Waals surface area contributed by atoms with Gasteiger partial charge in [0.05, 0.1) is 6.61 Å². The van der Waals surface area contributed by atoms with E-state index in [2.05, 4.69) is 13.8 Å². The summed E-state index contributed by atoms with van der Waals surface area (Å²) < 4.78 is 5.24. The van der Waals surface area contributed by atoms with E-state index < -0.39 is 0 Å². The van der Waals surface area contributed by atoms with Gasteiger partial charge in [-0.2, -0.15) is 0 Å². The van der Waals surface area contributed by atoms with E-state index in [4.69, 9.17) is 4.74 Å². The van der Waals surface area contributed by atoms with Crippen LogP contribution in [0.3, 0.4) is 0 Å². The predicted molar refractivity (Wildman–Crippen MR) is 40.0 cm³/mol. The number of hydrogen-bond donors (Lipinski definition) is 0. The van der Waals surface area contributed by atoms with Crippen molar-refractivity contribution in [1.29, 1.82) is 0 Å². The second-order valence-electron chi connectivity index (χ2n) is 3.82. The van der Waals surface area contributed by atoms with Crippen LogP contribution < -0.4 is 0 Å². The Morgan fingerprint density at radius 3 is 2.73 bits per heavy atom. The largest absolute Gasteiger partial charge is 0.371 e. The van der Waals surface area contributed by atoms with Crippen LogP contribution in [0.4, 0.5) is 0 Å². The lowest BCUT2D eigenvalue weighted by atomic mass is 9.91. The summed E-state index contributed by atoms with van der Waals surface area (Å²) >= 11 is 0. The van der Waals surface area contributed by atoms with Crippen molar-refractivity contribution in [2.75, 3.05) is 13.2 Å².